The number of hydrogen-bond acceptors (Lipinski definition) is 3. The van der Waals surface area contributed by atoms with E-state index in [-0.39, 0.29) is 0 Å². The summed E-state index contributed by atoms with van der Waals surface area (Å²) in [5, 5.41) is 3.37. The SMILES string of the molecule is CCNCc1cc(CN2CCC(CC)(CC)CC2)oc1C. The van der Waals surface area contributed by atoms with Crippen LogP contribution in [0.2, 0.25) is 0 Å². The van der Waals surface area contributed by atoms with Gasteiger partial charge in [0, 0.05) is 12.1 Å². The van der Waals surface area contributed by atoms with Gasteiger partial charge in [0.1, 0.15) is 11.5 Å². The summed E-state index contributed by atoms with van der Waals surface area (Å²) in [7, 11) is 0. The predicted molar refractivity (Wildman–Crippen MR) is 88.4 cm³/mol. The average molecular weight is 292 g/mol. The standard InChI is InChI=1S/C18H32N2O/c1-5-18(6-2)8-10-20(11-9-18)14-17-12-16(13-19-7-3)15(4)21-17/h12,19H,5-11,13-14H2,1-4H3. The zero-order valence-electron chi connectivity index (χ0n) is 14.3. The minimum Gasteiger partial charge on any atom is -0.465 e. The summed E-state index contributed by atoms with van der Waals surface area (Å²) in [6.07, 6.45) is 5.32. The molecule has 0 bridgehead atoms. The summed E-state index contributed by atoms with van der Waals surface area (Å²) in [4.78, 5) is 2.55. The summed E-state index contributed by atoms with van der Waals surface area (Å²) in [6, 6.07) is 2.24. The molecule has 0 aliphatic carbocycles. The van der Waals surface area contributed by atoms with Gasteiger partial charge in [0.25, 0.3) is 0 Å². The summed E-state index contributed by atoms with van der Waals surface area (Å²) in [6.45, 7) is 14.2. The first-order valence-corrected chi connectivity index (χ1v) is 8.63. The van der Waals surface area contributed by atoms with E-state index in [1.54, 1.807) is 0 Å². The van der Waals surface area contributed by atoms with E-state index in [4.69, 9.17) is 4.42 Å². The third-order valence-corrected chi connectivity index (χ3v) is 5.43. The smallest absolute Gasteiger partial charge is 0.118 e. The van der Waals surface area contributed by atoms with Crippen LogP contribution < -0.4 is 5.32 Å². The van der Waals surface area contributed by atoms with Crippen LogP contribution in [0.5, 0.6) is 0 Å². The Bertz CT molecular complexity index is 424. The van der Waals surface area contributed by atoms with E-state index in [0.29, 0.717) is 5.41 Å². The highest BCUT2D eigenvalue weighted by molar-refractivity contribution is 5.20. The second kappa shape index (κ2) is 7.46. The van der Waals surface area contributed by atoms with E-state index in [2.05, 4.69) is 44.0 Å². The molecule has 3 heteroatoms. The van der Waals surface area contributed by atoms with Crippen molar-refractivity contribution in [3.05, 3.63) is 23.2 Å². The molecule has 1 saturated heterocycles. The van der Waals surface area contributed by atoms with Gasteiger partial charge in [-0.1, -0.05) is 33.6 Å². The van der Waals surface area contributed by atoms with Crippen molar-refractivity contribution < 1.29 is 4.42 Å². The number of furan rings is 1. The number of rotatable bonds is 7. The first kappa shape index (κ1) is 16.6. The fourth-order valence-corrected chi connectivity index (χ4v) is 3.46. The van der Waals surface area contributed by atoms with Crippen LogP contribution >= 0.6 is 0 Å². The zero-order valence-corrected chi connectivity index (χ0v) is 14.3. The maximum Gasteiger partial charge on any atom is 0.118 e. The van der Waals surface area contributed by atoms with E-state index >= 15 is 0 Å². The number of aryl methyl sites for hydroxylation is 1. The van der Waals surface area contributed by atoms with Crippen molar-refractivity contribution >= 4 is 0 Å². The lowest BCUT2D eigenvalue weighted by atomic mass is 9.74. The molecule has 1 fully saturated rings. The Morgan fingerprint density at radius 3 is 2.43 bits per heavy atom. The molecule has 1 N–H and O–H groups in total. The fraction of sp³-hybridized carbons (Fsp3) is 0.778. The lowest BCUT2D eigenvalue weighted by Crippen LogP contribution is -2.39. The number of likely N-dealkylation sites (tertiary alicyclic amines) is 1. The van der Waals surface area contributed by atoms with Crippen molar-refractivity contribution in [3.63, 3.8) is 0 Å². The van der Waals surface area contributed by atoms with E-state index in [9.17, 15) is 0 Å². The van der Waals surface area contributed by atoms with Gasteiger partial charge in [-0.25, -0.2) is 0 Å². The molecule has 0 unspecified atom stereocenters. The number of hydrogen-bond donors (Lipinski definition) is 1. The topological polar surface area (TPSA) is 28.4 Å². The van der Waals surface area contributed by atoms with Crippen molar-refractivity contribution in [1.29, 1.82) is 0 Å². The molecule has 0 spiro atoms. The number of piperidine rings is 1. The van der Waals surface area contributed by atoms with E-state index < -0.39 is 0 Å². The van der Waals surface area contributed by atoms with Gasteiger partial charge >= 0.3 is 0 Å². The van der Waals surface area contributed by atoms with Gasteiger partial charge in [-0.2, -0.15) is 0 Å². The number of nitrogens with zero attached hydrogens (tertiary/aromatic N) is 1. The zero-order chi connectivity index (χ0) is 15.3. The second-order valence-corrected chi connectivity index (χ2v) is 6.56. The van der Waals surface area contributed by atoms with Crippen LogP contribution in [0.1, 0.15) is 63.5 Å². The van der Waals surface area contributed by atoms with E-state index in [1.165, 1.54) is 44.3 Å². The highest BCUT2D eigenvalue weighted by Crippen LogP contribution is 2.38. The molecular weight excluding hydrogens is 260 g/mol. The van der Waals surface area contributed by atoms with E-state index in [0.717, 1.165) is 31.2 Å². The molecule has 3 nitrogen and oxygen atoms in total. The van der Waals surface area contributed by atoms with Crippen molar-refractivity contribution in [2.45, 2.75) is 66.5 Å². The normalized spacial score (nSPS) is 19.0. The minimum atomic E-state index is 0.603. The Hall–Kier alpha value is -0.800. The van der Waals surface area contributed by atoms with Crippen LogP contribution in [-0.2, 0) is 13.1 Å². The van der Waals surface area contributed by atoms with Crippen LogP contribution in [0.3, 0.4) is 0 Å². The van der Waals surface area contributed by atoms with Crippen molar-refractivity contribution in [2.24, 2.45) is 5.41 Å². The van der Waals surface area contributed by atoms with Gasteiger partial charge in [-0.05, 0) is 50.9 Å². The Balaban J connectivity index is 1.89. The molecule has 0 aromatic carbocycles. The quantitative estimate of drug-likeness (QED) is 0.820. The van der Waals surface area contributed by atoms with Crippen molar-refractivity contribution in [2.75, 3.05) is 19.6 Å². The summed E-state index contributed by atoms with van der Waals surface area (Å²) in [5.74, 6) is 2.19. The Kier molecular flexibility index (Phi) is 5.88. The first-order chi connectivity index (χ1) is 10.1. The van der Waals surface area contributed by atoms with Gasteiger partial charge in [0.2, 0.25) is 0 Å². The third-order valence-electron chi connectivity index (χ3n) is 5.43. The van der Waals surface area contributed by atoms with Crippen LogP contribution in [0.4, 0.5) is 0 Å². The third kappa shape index (κ3) is 4.10. The maximum atomic E-state index is 5.94. The first-order valence-electron chi connectivity index (χ1n) is 8.63. The summed E-state index contributed by atoms with van der Waals surface area (Å²) >= 11 is 0. The van der Waals surface area contributed by atoms with Crippen LogP contribution in [0.25, 0.3) is 0 Å². The molecule has 120 valence electrons. The van der Waals surface area contributed by atoms with Crippen molar-refractivity contribution in [3.8, 4) is 0 Å². The maximum absolute atomic E-state index is 5.94. The molecule has 2 rings (SSSR count). The van der Waals surface area contributed by atoms with Gasteiger partial charge in [-0.15, -0.1) is 0 Å². The Morgan fingerprint density at radius 2 is 1.86 bits per heavy atom. The molecule has 1 aromatic heterocycles. The van der Waals surface area contributed by atoms with Gasteiger partial charge < -0.3 is 9.73 Å². The van der Waals surface area contributed by atoms with Gasteiger partial charge in [-0.3, -0.25) is 4.90 Å². The van der Waals surface area contributed by atoms with Gasteiger partial charge in [0.05, 0.1) is 6.54 Å². The Morgan fingerprint density at radius 1 is 1.19 bits per heavy atom. The summed E-state index contributed by atoms with van der Waals surface area (Å²) in [5.41, 5.74) is 1.91. The van der Waals surface area contributed by atoms with Crippen LogP contribution in [0, 0.1) is 12.3 Å². The second-order valence-electron chi connectivity index (χ2n) is 6.56. The highest BCUT2D eigenvalue weighted by atomic mass is 16.3. The predicted octanol–water partition coefficient (Wildman–Crippen LogP) is 4.10. The average Bonchev–Trinajstić information content (AvgIpc) is 2.86. The molecule has 0 saturated carbocycles. The monoisotopic (exact) mass is 292 g/mol. The van der Waals surface area contributed by atoms with Crippen LogP contribution in [0.15, 0.2) is 10.5 Å². The lowest BCUT2D eigenvalue weighted by molar-refractivity contribution is 0.0861. The minimum absolute atomic E-state index is 0.603. The molecule has 0 radical (unpaired) electrons. The fourth-order valence-electron chi connectivity index (χ4n) is 3.46. The number of nitrogens with one attached hydrogen (secondary N) is 1. The van der Waals surface area contributed by atoms with Crippen molar-refractivity contribution in [1.82, 2.24) is 10.2 Å². The molecule has 1 aromatic rings. The van der Waals surface area contributed by atoms with Crippen LogP contribution in [-0.4, -0.2) is 24.5 Å². The molecule has 2 heterocycles. The highest BCUT2D eigenvalue weighted by Gasteiger charge is 2.31. The summed E-state index contributed by atoms with van der Waals surface area (Å²) < 4.78 is 5.94. The molecule has 1 aliphatic heterocycles. The lowest BCUT2D eigenvalue weighted by Gasteiger charge is -2.40. The molecule has 21 heavy (non-hydrogen) atoms. The molecular formula is C18H32N2O. The Labute approximate surface area is 130 Å². The van der Waals surface area contributed by atoms with Gasteiger partial charge in [0.15, 0.2) is 0 Å². The molecule has 1 aliphatic rings. The largest absolute Gasteiger partial charge is 0.465 e. The molecule has 0 atom stereocenters. The van der Waals surface area contributed by atoms with E-state index in [1.807, 2.05) is 0 Å². The molecule has 0 amide bonds.